The maximum Gasteiger partial charge on any atom is 0.276 e. The molecule has 0 aliphatic heterocycles. The highest BCUT2D eigenvalue weighted by Gasteiger charge is 2.14. The van der Waals surface area contributed by atoms with Crippen LogP contribution in [0.3, 0.4) is 0 Å². The van der Waals surface area contributed by atoms with Crippen LogP contribution in [0.2, 0.25) is 10.0 Å². The zero-order chi connectivity index (χ0) is 18.4. The summed E-state index contributed by atoms with van der Waals surface area (Å²) < 4.78 is 11.0. The molecule has 0 heterocycles. The van der Waals surface area contributed by atoms with E-state index < -0.39 is 11.8 Å². The maximum atomic E-state index is 12.1. The van der Waals surface area contributed by atoms with Crippen molar-refractivity contribution in [3.63, 3.8) is 0 Å². The Bertz CT molecular complexity index is 802. The lowest BCUT2D eigenvalue weighted by Crippen LogP contribution is -2.43. The highest BCUT2D eigenvalue weighted by atomic mass is 79.9. The number of benzene rings is 2. The molecule has 0 unspecified atom stereocenters. The Balaban J connectivity index is 1.89. The van der Waals surface area contributed by atoms with Gasteiger partial charge in [0.15, 0.2) is 6.61 Å². The number of halogens is 3. The predicted octanol–water partition coefficient (Wildman–Crippen LogP) is 3.60. The summed E-state index contributed by atoms with van der Waals surface area (Å²) in [5.41, 5.74) is 4.71. The van der Waals surface area contributed by atoms with Crippen molar-refractivity contribution in [1.29, 1.82) is 0 Å². The van der Waals surface area contributed by atoms with Gasteiger partial charge >= 0.3 is 0 Å². The number of amides is 2. The fourth-order valence-electron chi connectivity index (χ4n) is 1.82. The highest BCUT2D eigenvalue weighted by Crippen LogP contribution is 2.27. The molecule has 2 rings (SSSR count). The molecule has 2 amide bonds. The molecule has 6 nitrogen and oxygen atoms in total. The minimum atomic E-state index is -0.569. The Labute approximate surface area is 162 Å². The molecular weight excluding hydrogens is 435 g/mol. The maximum absolute atomic E-state index is 12.1. The van der Waals surface area contributed by atoms with Gasteiger partial charge in [0, 0.05) is 10.0 Å². The lowest BCUT2D eigenvalue weighted by molar-refractivity contribution is -0.123. The topological polar surface area (TPSA) is 76.7 Å². The summed E-state index contributed by atoms with van der Waals surface area (Å²) in [5.74, 6) is -0.337. The summed E-state index contributed by atoms with van der Waals surface area (Å²) in [6, 6.07) is 9.47. The van der Waals surface area contributed by atoms with Crippen LogP contribution in [-0.2, 0) is 4.79 Å². The molecular formula is C16H13BrCl2N2O4. The molecule has 0 bridgehead atoms. The first-order valence-electron chi connectivity index (χ1n) is 6.91. The van der Waals surface area contributed by atoms with Gasteiger partial charge in [0.05, 0.1) is 17.1 Å². The predicted molar refractivity (Wildman–Crippen MR) is 98.3 cm³/mol. The van der Waals surface area contributed by atoms with Crippen molar-refractivity contribution in [3.8, 4) is 11.5 Å². The molecule has 132 valence electrons. The Morgan fingerprint density at radius 2 is 1.68 bits per heavy atom. The SMILES string of the molecule is COc1ccc(Cl)cc1C(=O)NNC(=O)COc1ccc(Cl)cc1Br. The van der Waals surface area contributed by atoms with Crippen LogP contribution in [0.25, 0.3) is 0 Å². The van der Waals surface area contributed by atoms with Crippen LogP contribution >= 0.6 is 39.1 Å². The van der Waals surface area contributed by atoms with E-state index in [1.807, 2.05) is 0 Å². The van der Waals surface area contributed by atoms with Crippen molar-refractivity contribution in [3.05, 3.63) is 56.5 Å². The molecule has 0 saturated carbocycles. The number of hydrogen-bond acceptors (Lipinski definition) is 4. The first-order chi connectivity index (χ1) is 11.9. The Kier molecular flexibility index (Phi) is 6.92. The number of hydrazine groups is 1. The fraction of sp³-hybridized carbons (Fsp3) is 0.125. The van der Waals surface area contributed by atoms with Crippen molar-refractivity contribution in [2.24, 2.45) is 0 Å². The number of carbonyl (C=O) groups is 2. The van der Waals surface area contributed by atoms with E-state index in [2.05, 4.69) is 26.8 Å². The Hall–Kier alpha value is -1.96. The second-order valence-electron chi connectivity index (χ2n) is 4.71. The summed E-state index contributed by atoms with van der Waals surface area (Å²) >= 11 is 15.0. The minimum Gasteiger partial charge on any atom is -0.496 e. The van der Waals surface area contributed by atoms with Crippen LogP contribution in [0.15, 0.2) is 40.9 Å². The average molecular weight is 448 g/mol. The number of hydrogen-bond donors (Lipinski definition) is 2. The summed E-state index contributed by atoms with van der Waals surface area (Å²) in [5, 5.41) is 0.902. The van der Waals surface area contributed by atoms with E-state index in [-0.39, 0.29) is 12.2 Å². The van der Waals surface area contributed by atoms with E-state index in [1.165, 1.54) is 13.2 Å². The van der Waals surface area contributed by atoms with Crippen LogP contribution in [0.1, 0.15) is 10.4 Å². The van der Waals surface area contributed by atoms with Crippen molar-refractivity contribution in [1.82, 2.24) is 10.9 Å². The largest absolute Gasteiger partial charge is 0.496 e. The third-order valence-corrected chi connectivity index (χ3v) is 4.06. The van der Waals surface area contributed by atoms with Crippen LogP contribution in [0.4, 0.5) is 0 Å². The standard InChI is InChI=1S/C16H13BrCl2N2O4/c1-24-13-4-2-9(18)6-11(13)16(23)21-20-15(22)8-25-14-5-3-10(19)7-12(14)17/h2-7H,8H2,1H3,(H,20,22)(H,21,23). The highest BCUT2D eigenvalue weighted by molar-refractivity contribution is 9.10. The van der Waals surface area contributed by atoms with Crippen LogP contribution in [-0.4, -0.2) is 25.5 Å². The van der Waals surface area contributed by atoms with E-state index in [4.69, 9.17) is 32.7 Å². The van der Waals surface area contributed by atoms with Crippen molar-refractivity contribution in [2.75, 3.05) is 13.7 Å². The summed E-state index contributed by atoms with van der Waals surface area (Å²) in [7, 11) is 1.43. The van der Waals surface area contributed by atoms with E-state index in [0.29, 0.717) is 26.0 Å². The van der Waals surface area contributed by atoms with E-state index in [0.717, 1.165) is 0 Å². The molecule has 0 radical (unpaired) electrons. The van der Waals surface area contributed by atoms with E-state index in [1.54, 1.807) is 30.3 Å². The van der Waals surface area contributed by atoms with Gasteiger partial charge in [-0.3, -0.25) is 20.4 Å². The summed E-state index contributed by atoms with van der Waals surface area (Å²) in [6.45, 7) is -0.298. The number of ether oxygens (including phenoxy) is 2. The molecule has 25 heavy (non-hydrogen) atoms. The molecule has 0 spiro atoms. The van der Waals surface area contributed by atoms with E-state index in [9.17, 15) is 9.59 Å². The van der Waals surface area contributed by atoms with Gasteiger partial charge in [-0.05, 0) is 52.3 Å². The first-order valence-corrected chi connectivity index (χ1v) is 8.46. The molecule has 9 heteroatoms. The molecule has 2 N–H and O–H groups in total. The van der Waals surface area contributed by atoms with Crippen molar-refractivity contribution < 1.29 is 19.1 Å². The lowest BCUT2D eigenvalue weighted by atomic mass is 10.2. The van der Waals surface area contributed by atoms with Gasteiger partial charge in [-0.25, -0.2) is 0 Å². The smallest absolute Gasteiger partial charge is 0.276 e. The third kappa shape index (κ3) is 5.52. The van der Waals surface area contributed by atoms with Gasteiger partial charge in [0.1, 0.15) is 11.5 Å². The fourth-order valence-corrected chi connectivity index (χ4v) is 2.79. The molecule has 0 fully saturated rings. The van der Waals surface area contributed by atoms with Gasteiger partial charge in [0.25, 0.3) is 11.8 Å². The third-order valence-electron chi connectivity index (χ3n) is 2.97. The summed E-state index contributed by atoms with van der Waals surface area (Å²) in [4.78, 5) is 23.9. The second kappa shape index (κ2) is 8.94. The van der Waals surface area contributed by atoms with E-state index >= 15 is 0 Å². The zero-order valence-electron chi connectivity index (χ0n) is 12.9. The number of rotatable bonds is 5. The first kappa shape index (κ1) is 19.4. The molecule has 0 saturated heterocycles. The lowest BCUT2D eigenvalue weighted by Gasteiger charge is -2.11. The van der Waals surface area contributed by atoms with Gasteiger partial charge in [-0.1, -0.05) is 23.2 Å². The number of carbonyl (C=O) groups excluding carboxylic acids is 2. The molecule has 2 aromatic rings. The normalized spacial score (nSPS) is 10.1. The monoisotopic (exact) mass is 446 g/mol. The average Bonchev–Trinajstić information content (AvgIpc) is 2.58. The van der Waals surface area contributed by atoms with Gasteiger partial charge in [0.2, 0.25) is 0 Å². The number of methoxy groups -OCH3 is 1. The van der Waals surface area contributed by atoms with Crippen LogP contribution in [0, 0.1) is 0 Å². The van der Waals surface area contributed by atoms with Gasteiger partial charge in [-0.2, -0.15) is 0 Å². The van der Waals surface area contributed by atoms with Crippen molar-refractivity contribution in [2.45, 2.75) is 0 Å². The van der Waals surface area contributed by atoms with Gasteiger partial charge < -0.3 is 9.47 Å². The molecule has 2 aromatic carbocycles. The van der Waals surface area contributed by atoms with Gasteiger partial charge in [-0.15, -0.1) is 0 Å². The van der Waals surface area contributed by atoms with Crippen LogP contribution < -0.4 is 20.3 Å². The quantitative estimate of drug-likeness (QED) is 0.686. The molecule has 0 aliphatic rings. The van der Waals surface area contributed by atoms with Crippen LogP contribution in [0.5, 0.6) is 11.5 Å². The minimum absolute atomic E-state index is 0.191. The molecule has 0 aromatic heterocycles. The Morgan fingerprint density at radius 3 is 2.32 bits per heavy atom. The second-order valence-corrected chi connectivity index (χ2v) is 6.44. The summed E-state index contributed by atoms with van der Waals surface area (Å²) in [6.07, 6.45) is 0. The number of nitrogens with one attached hydrogen (secondary N) is 2. The van der Waals surface area contributed by atoms with Crippen molar-refractivity contribution >= 4 is 50.9 Å². The molecule has 0 atom stereocenters. The zero-order valence-corrected chi connectivity index (χ0v) is 16.0. The Morgan fingerprint density at radius 1 is 1.04 bits per heavy atom. The molecule has 0 aliphatic carbocycles.